The van der Waals surface area contributed by atoms with Crippen molar-refractivity contribution >= 4 is 18.2 Å². The number of carbonyl (C=O) groups is 3. The zero-order valence-electron chi connectivity index (χ0n) is 15.1. The van der Waals surface area contributed by atoms with Gasteiger partial charge in [-0.1, -0.05) is 60.7 Å². The second-order valence-electron chi connectivity index (χ2n) is 6.86. The van der Waals surface area contributed by atoms with E-state index in [-0.39, 0.29) is 12.2 Å². The molecule has 26 heavy (non-hydrogen) atoms. The first-order chi connectivity index (χ1) is 12.3. The van der Waals surface area contributed by atoms with Crippen LogP contribution in [0, 0.1) is 0 Å². The molecule has 136 valence electrons. The first-order valence-corrected chi connectivity index (χ1v) is 8.26. The fourth-order valence-electron chi connectivity index (χ4n) is 2.38. The Morgan fingerprint density at radius 1 is 0.885 bits per heavy atom. The summed E-state index contributed by atoms with van der Waals surface area (Å²) in [5.74, 6) is -1.92. The molecule has 0 saturated heterocycles. The van der Waals surface area contributed by atoms with Crippen LogP contribution in [-0.4, -0.2) is 23.8 Å². The van der Waals surface area contributed by atoms with Gasteiger partial charge in [-0.3, -0.25) is 0 Å². The Hall–Kier alpha value is -2.95. The Labute approximate surface area is 152 Å². The van der Waals surface area contributed by atoms with Crippen molar-refractivity contribution in [1.29, 1.82) is 0 Å². The van der Waals surface area contributed by atoms with Crippen LogP contribution >= 0.6 is 0 Å². The third-order valence-electron chi connectivity index (χ3n) is 3.66. The Balaban J connectivity index is 2.37. The van der Waals surface area contributed by atoms with Gasteiger partial charge in [-0.25, -0.2) is 9.59 Å². The summed E-state index contributed by atoms with van der Waals surface area (Å²) in [6.07, 6.45) is 0.295. The first kappa shape index (κ1) is 19.4. The predicted octanol–water partition coefficient (Wildman–Crippen LogP) is 3.21. The lowest BCUT2D eigenvalue weighted by Gasteiger charge is -2.29. The van der Waals surface area contributed by atoms with Gasteiger partial charge in [-0.05, 0) is 31.9 Å². The van der Waals surface area contributed by atoms with Crippen molar-refractivity contribution in [1.82, 2.24) is 0 Å². The zero-order chi connectivity index (χ0) is 19.2. The molecule has 0 fully saturated rings. The van der Waals surface area contributed by atoms with Crippen LogP contribution in [0.3, 0.4) is 0 Å². The second-order valence-corrected chi connectivity index (χ2v) is 6.86. The molecule has 0 spiro atoms. The average Bonchev–Trinajstić information content (AvgIpc) is 2.61. The highest BCUT2D eigenvalue weighted by molar-refractivity contribution is 6.19. The molecule has 5 nitrogen and oxygen atoms in total. The molecule has 2 rings (SSSR count). The molecule has 0 saturated carbocycles. The molecule has 5 heteroatoms. The molecule has 0 aliphatic heterocycles. The molecule has 0 N–H and O–H groups in total. The van der Waals surface area contributed by atoms with Gasteiger partial charge in [0.05, 0.1) is 0 Å². The minimum atomic E-state index is -2.16. The van der Waals surface area contributed by atoms with E-state index in [9.17, 15) is 14.4 Å². The van der Waals surface area contributed by atoms with Crippen LogP contribution in [0.5, 0.6) is 0 Å². The first-order valence-electron chi connectivity index (χ1n) is 8.26. The maximum absolute atomic E-state index is 12.8. The highest BCUT2D eigenvalue weighted by Gasteiger charge is 2.52. The summed E-state index contributed by atoms with van der Waals surface area (Å²) >= 11 is 0. The van der Waals surface area contributed by atoms with Crippen LogP contribution in [0.4, 0.5) is 0 Å². The van der Waals surface area contributed by atoms with Crippen molar-refractivity contribution < 1.29 is 23.9 Å². The summed E-state index contributed by atoms with van der Waals surface area (Å²) in [4.78, 5) is 37.7. The molecule has 0 aliphatic rings. The predicted molar refractivity (Wildman–Crippen MR) is 96.3 cm³/mol. The van der Waals surface area contributed by atoms with Gasteiger partial charge in [-0.15, -0.1) is 0 Å². The van der Waals surface area contributed by atoms with Crippen LogP contribution in [0.2, 0.25) is 0 Å². The van der Waals surface area contributed by atoms with Gasteiger partial charge < -0.3 is 14.3 Å². The fourth-order valence-corrected chi connectivity index (χ4v) is 2.38. The van der Waals surface area contributed by atoms with E-state index in [1.807, 2.05) is 6.07 Å². The van der Waals surface area contributed by atoms with Crippen LogP contribution in [0.25, 0.3) is 0 Å². The van der Waals surface area contributed by atoms with Crippen LogP contribution in [0.1, 0.15) is 31.9 Å². The van der Waals surface area contributed by atoms with Crippen LogP contribution < -0.4 is 0 Å². The normalized spacial score (nSPS) is 13.3. The molecular weight excluding hydrogens is 332 g/mol. The molecule has 2 aromatic carbocycles. The van der Waals surface area contributed by atoms with Crippen molar-refractivity contribution in [2.45, 2.75) is 38.4 Å². The Bertz CT molecular complexity index is 762. The van der Waals surface area contributed by atoms with E-state index in [4.69, 9.17) is 9.47 Å². The number of hydrogen-bond donors (Lipinski definition) is 0. The highest BCUT2D eigenvalue weighted by atomic mass is 16.6. The summed E-state index contributed by atoms with van der Waals surface area (Å²) in [5, 5.41) is 0. The lowest BCUT2D eigenvalue weighted by Crippen LogP contribution is -2.49. The van der Waals surface area contributed by atoms with Crippen molar-refractivity contribution in [3.05, 3.63) is 71.8 Å². The van der Waals surface area contributed by atoms with Gasteiger partial charge in [-0.2, -0.15) is 0 Å². The summed E-state index contributed by atoms with van der Waals surface area (Å²) in [7, 11) is 0. The van der Waals surface area contributed by atoms with Crippen molar-refractivity contribution in [3.63, 3.8) is 0 Å². The molecule has 1 unspecified atom stereocenters. The number of hydrogen-bond acceptors (Lipinski definition) is 5. The molecule has 0 amide bonds. The monoisotopic (exact) mass is 354 g/mol. The van der Waals surface area contributed by atoms with E-state index in [1.165, 1.54) is 12.1 Å². The minimum Gasteiger partial charge on any atom is -0.459 e. The molecule has 0 aromatic heterocycles. The Morgan fingerprint density at radius 3 is 1.92 bits per heavy atom. The number of esters is 2. The third-order valence-corrected chi connectivity index (χ3v) is 3.66. The van der Waals surface area contributed by atoms with Crippen LogP contribution in [0.15, 0.2) is 60.7 Å². The Kier molecular flexibility index (Phi) is 5.93. The van der Waals surface area contributed by atoms with Gasteiger partial charge in [0, 0.05) is 0 Å². The summed E-state index contributed by atoms with van der Waals surface area (Å²) < 4.78 is 10.7. The van der Waals surface area contributed by atoms with Gasteiger partial charge >= 0.3 is 11.9 Å². The number of ether oxygens (including phenoxy) is 2. The molecule has 0 aliphatic carbocycles. The van der Waals surface area contributed by atoms with E-state index in [0.717, 1.165) is 5.56 Å². The second kappa shape index (κ2) is 7.95. The third kappa shape index (κ3) is 4.36. The molecular formula is C21H22O5. The van der Waals surface area contributed by atoms with Gasteiger partial charge in [0.15, 0.2) is 6.29 Å². The van der Waals surface area contributed by atoms with E-state index in [1.54, 1.807) is 63.2 Å². The summed E-state index contributed by atoms with van der Waals surface area (Å²) in [5.41, 5.74) is -2.07. The molecule has 0 radical (unpaired) electrons. The SMILES string of the molecule is CC(C)(C)OC(=O)C(C=O)(C(=O)OCc1ccccc1)c1ccccc1. The molecule has 2 aromatic rings. The fraction of sp³-hybridized carbons (Fsp3) is 0.286. The highest BCUT2D eigenvalue weighted by Crippen LogP contribution is 2.28. The van der Waals surface area contributed by atoms with Gasteiger partial charge in [0.1, 0.15) is 12.2 Å². The van der Waals surface area contributed by atoms with E-state index in [0.29, 0.717) is 6.29 Å². The largest absolute Gasteiger partial charge is 0.459 e. The van der Waals surface area contributed by atoms with Crippen molar-refractivity contribution in [3.8, 4) is 0 Å². The number of carbonyl (C=O) groups excluding carboxylic acids is 3. The lowest BCUT2D eigenvalue weighted by atomic mass is 9.81. The van der Waals surface area contributed by atoms with Crippen molar-refractivity contribution in [2.24, 2.45) is 0 Å². The molecule has 1 atom stereocenters. The lowest BCUT2D eigenvalue weighted by molar-refractivity contribution is -0.172. The average molecular weight is 354 g/mol. The molecule has 0 bridgehead atoms. The maximum atomic E-state index is 12.8. The quantitative estimate of drug-likeness (QED) is 0.453. The van der Waals surface area contributed by atoms with Crippen LogP contribution in [-0.2, 0) is 35.9 Å². The summed E-state index contributed by atoms with van der Waals surface area (Å²) in [6, 6.07) is 17.1. The Morgan fingerprint density at radius 2 is 1.42 bits per heavy atom. The summed E-state index contributed by atoms with van der Waals surface area (Å²) in [6.45, 7) is 4.95. The number of rotatable bonds is 6. The standard InChI is InChI=1S/C21H22O5/c1-20(2,3)26-19(24)21(15-22,17-12-8-5-9-13-17)18(23)25-14-16-10-6-4-7-11-16/h4-13,15H,14H2,1-3H3. The zero-order valence-corrected chi connectivity index (χ0v) is 15.1. The van der Waals surface area contributed by atoms with Crippen molar-refractivity contribution in [2.75, 3.05) is 0 Å². The van der Waals surface area contributed by atoms with E-state index in [2.05, 4.69) is 0 Å². The molecule has 0 heterocycles. The van der Waals surface area contributed by atoms with E-state index >= 15 is 0 Å². The van der Waals surface area contributed by atoms with Gasteiger partial charge in [0.25, 0.3) is 0 Å². The number of benzene rings is 2. The maximum Gasteiger partial charge on any atom is 0.336 e. The van der Waals surface area contributed by atoms with Gasteiger partial charge in [0.2, 0.25) is 5.41 Å². The van der Waals surface area contributed by atoms with E-state index < -0.39 is 23.0 Å². The topological polar surface area (TPSA) is 69.7 Å². The number of aldehydes is 1. The smallest absolute Gasteiger partial charge is 0.336 e. The minimum absolute atomic E-state index is 0.0507.